The van der Waals surface area contributed by atoms with Crippen LogP contribution in [0.15, 0.2) is 65.1 Å². The second-order valence-corrected chi connectivity index (χ2v) is 8.64. The van der Waals surface area contributed by atoms with Gasteiger partial charge in [0.15, 0.2) is 0 Å². The van der Waals surface area contributed by atoms with Gasteiger partial charge < -0.3 is 14.5 Å². The molecule has 31 heavy (non-hydrogen) atoms. The lowest BCUT2D eigenvalue weighted by molar-refractivity contribution is 0.0783. The van der Waals surface area contributed by atoms with Crippen LogP contribution in [0.3, 0.4) is 0 Å². The summed E-state index contributed by atoms with van der Waals surface area (Å²) in [6.07, 6.45) is 0. The molecular formula is C25H26BrN3O2. The van der Waals surface area contributed by atoms with Crippen LogP contribution in [0.1, 0.15) is 21.6 Å². The number of rotatable bonds is 5. The Kier molecular flexibility index (Phi) is 6.68. The first kappa shape index (κ1) is 21.5. The van der Waals surface area contributed by atoms with Crippen LogP contribution in [0.5, 0.6) is 0 Å². The van der Waals surface area contributed by atoms with Crippen molar-refractivity contribution in [2.24, 2.45) is 0 Å². The van der Waals surface area contributed by atoms with Crippen LogP contribution >= 0.6 is 15.9 Å². The molecule has 6 heteroatoms. The molecule has 0 N–H and O–H groups in total. The summed E-state index contributed by atoms with van der Waals surface area (Å²) in [4.78, 5) is 22.0. The fraction of sp³-hybridized carbons (Fsp3) is 0.280. The molecule has 0 saturated carbocycles. The Morgan fingerprint density at radius 2 is 1.87 bits per heavy atom. The van der Waals surface area contributed by atoms with Crippen LogP contribution in [0.2, 0.25) is 0 Å². The summed E-state index contributed by atoms with van der Waals surface area (Å²) in [7, 11) is 1.85. The molecule has 1 fully saturated rings. The van der Waals surface area contributed by atoms with Crippen molar-refractivity contribution in [3.63, 3.8) is 0 Å². The number of morpholine rings is 1. The fourth-order valence-corrected chi connectivity index (χ4v) is 4.29. The number of carbonyl (C=O) groups excluding carboxylic acids is 1. The summed E-state index contributed by atoms with van der Waals surface area (Å²) in [5.41, 5.74) is 5.54. The number of aromatic nitrogens is 1. The summed E-state index contributed by atoms with van der Waals surface area (Å²) in [5.74, 6) is -0.0254. The zero-order valence-electron chi connectivity index (χ0n) is 17.8. The van der Waals surface area contributed by atoms with E-state index in [1.54, 1.807) is 4.90 Å². The first-order valence-corrected chi connectivity index (χ1v) is 11.2. The van der Waals surface area contributed by atoms with E-state index >= 15 is 0 Å². The molecule has 2 heterocycles. The van der Waals surface area contributed by atoms with Crippen molar-refractivity contribution in [3.05, 3.63) is 82.0 Å². The number of pyridine rings is 1. The minimum Gasteiger partial charge on any atom is -0.378 e. The van der Waals surface area contributed by atoms with Crippen molar-refractivity contribution in [2.45, 2.75) is 13.5 Å². The number of hydrogen-bond donors (Lipinski definition) is 0. The Morgan fingerprint density at radius 3 is 2.61 bits per heavy atom. The van der Waals surface area contributed by atoms with Crippen LogP contribution in [0.4, 0.5) is 5.69 Å². The second kappa shape index (κ2) is 9.62. The highest BCUT2D eigenvalue weighted by molar-refractivity contribution is 9.10. The maximum atomic E-state index is 13.2. The van der Waals surface area contributed by atoms with E-state index in [0.29, 0.717) is 12.1 Å². The quantitative estimate of drug-likeness (QED) is 0.520. The molecule has 1 amide bonds. The van der Waals surface area contributed by atoms with Gasteiger partial charge in [-0.05, 0) is 42.8 Å². The minimum atomic E-state index is -0.0254. The lowest BCUT2D eigenvalue weighted by Gasteiger charge is -2.31. The maximum Gasteiger partial charge on any atom is 0.255 e. The molecule has 2 aromatic carbocycles. The van der Waals surface area contributed by atoms with E-state index in [-0.39, 0.29) is 5.91 Å². The Bertz CT molecular complexity index is 1080. The highest BCUT2D eigenvalue weighted by Gasteiger charge is 2.19. The average molecular weight is 480 g/mol. The Morgan fingerprint density at radius 1 is 1.10 bits per heavy atom. The average Bonchev–Trinajstić information content (AvgIpc) is 2.79. The number of anilines is 1. The number of nitrogens with zero attached hydrogens (tertiary/aromatic N) is 3. The van der Waals surface area contributed by atoms with Crippen LogP contribution < -0.4 is 4.90 Å². The van der Waals surface area contributed by atoms with Crippen LogP contribution in [-0.4, -0.2) is 49.1 Å². The van der Waals surface area contributed by atoms with Gasteiger partial charge in [0.2, 0.25) is 0 Å². The van der Waals surface area contributed by atoms with Crippen molar-refractivity contribution in [1.82, 2.24) is 9.88 Å². The third-order valence-electron chi connectivity index (χ3n) is 5.53. The summed E-state index contributed by atoms with van der Waals surface area (Å²) in [6, 6.07) is 20.1. The monoisotopic (exact) mass is 479 g/mol. The van der Waals surface area contributed by atoms with Crippen LogP contribution in [0.25, 0.3) is 11.3 Å². The zero-order chi connectivity index (χ0) is 21.8. The highest BCUT2D eigenvalue weighted by atomic mass is 79.9. The molecular weight excluding hydrogens is 454 g/mol. The molecule has 1 aromatic heterocycles. The van der Waals surface area contributed by atoms with Crippen molar-refractivity contribution in [2.75, 3.05) is 38.3 Å². The number of amides is 1. The molecule has 0 radical (unpaired) electrons. The topological polar surface area (TPSA) is 45.7 Å². The van der Waals surface area contributed by atoms with E-state index in [2.05, 4.69) is 33.0 Å². The van der Waals surface area contributed by atoms with Gasteiger partial charge in [-0.3, -0.25) is 9.78 Å². The number of halogens is 1. The number of aryl methyl sites for hydroxylation is 1. The zero-order valence-corrected chi connectivity index (χ0v) is 19.4. The van der Waals surface area contributed by atoms with Gasteiger partial charge in [0.1, 0.15) is 0 Å². The fourth-order valence-electron chi connectivity index (χ4n) is 3.89. The largest absolute Gasteiger partial charge is 0.378 e. The molecule has 1 aliphatic rings. The summed E-state index contributed by atoms with van der Waals surface area (Å²) in [6.45, 7) is 5.64. The molecule has 1 aliphatic heterocycles. The first-order chi connectivity index (χ1) is 15.0. The Balaban J connectivity index is 1.52. The minimum absolute atomic E-state index is 0.0254. The van der Waals surface area contributed by atoms with Gasteiger partial charge in [-0.1, -0.05) is 46.3 Å². The number of ether oxygens (including phenoxy) is 1. The van der Waals surface area contributed by atoms with Crippen LogP contribution in [-0.2, 0) is 11.3 Å². The van der Waals surface area contributed by atoms with Crippen LogP contribution in [0, 0.1) is 6.92 Å². The van der Waals surface area contributed by atoms with Crippen molar-refractivity contribution < 1.29 is 9.53 Å². The molecule has 160 valence electrons. The van der Waals surface area contributed by atoms with Gasteiger partial charge in [0, 0.05) is 42.4 Å². The van der Waals surface area contributed by atoms with Gasteiger partial charge in [0.25, 0.3) is 5.91 Å². The molecule has 4 rings (SSSR count). The second-order valence-electron chi connectivity index (χ2n) is 7.73. The summed E-state index contributed by atoms with van der Waals surface area (Å²) < 4.78 is 6.49. The van der Waals surface area contributed by atoms with Crippen molar-refractivity contribution in [3.8, 4) is 11.3 Å². The third kappa shape index (κ3) is 4.97. The number of para-hydroxylation sites is 1. The maximum absolute atomic E-state index is 13.2. The number of carbonyl (C=O) groups is 1. The molecule has 0 spiro atoms. The van der Waals surface area contributed by atoms with Gasteiger partial charge in [-0.2, -0.15) is 0 Å². The third-order valence-corrected chi connectivity index (χ3v) is 6.03. The molecule has 0 aliphatic carbocycles. The lowest BCUT2D eigenvalue weighted by atomic mass is 10.1. The Labute approximate surface area is 191 Å². The van der Waals surface area contributed by atoms with Crippen molar-refractivity contribution >= 4 is 27.5 Å². The smallest absolute Gasteiger partial charge is 0.255 e. The van der Waals surface area contributed by atoms with Gasteiger partial charge in [-0.15, -0.1) is 0 Å². The van der Waals surface area contributed by atoms with Crippen molar-refractivity contribution in [1.29, 1.82) is 0 Å². The summed E-state index contributed by atoms with van der Waals surface area (Å²) >= 11 is 3.50. The van der Waals surface area contributed by atoms with E-state index in [4.69, 9.17) is 9.72 Å². The molecule has 1 saturated heterocycles. The molecule has 3 aromatic rings. The SMILES string of the molecule is Cc1nc(-c2cccc(Br)c2)ccc1C(=O)N(C)Cc1ccccc1N1CCOCC1. The summed E-state index contributed by atoms with van der Waals surface area (Å²) in [5, 5.41) is 0. The van der Waals surface area contributed by atoms with E-state index in [1.165, 1.54) is 5.69 Å². The lowest BCUT2D eigenvalue weighted by Crippen LogP contribution is -2.37. The molecule has 5 nitrogen and oxygen atoms in total. The van der Waals surface area contributed by atoms with E-state index in [9.17, 15) is 4.79 Å². The van der Waals surface area contributed by atoms with E-state index in [0.717, 1.165) is 53.3 Å². The number of hydrogen-bond acceptors (Lipinski definition) is 4. The van der Waals surface area contributed by atoms with Gasteiger partial charge in [0.05, 0.1) is 30.2 Å². The Hall–Kier alpha value is -2.70. The highest BCUT2D eigenvalue weighted by Crippen LogP contribution is 2.25. The predicted molar refractivity (Wildman–Crippen MR) is 127 cm³/mol. The molecule has 0 unspecified atom stereocenters. The van der Waals surface area contributed by atoms with E-state index < -0.39 is 0 Å². The van der Waals surface area contributed by atoms with Gasteiger partial charge >= 0.3 is 0 Å². The first-order valence-electron chi connectivity index (χ1n) is 10.4. The standard InChI is InChI=1S/C25H26BrN3O2/c1-18-22(10-11-23(27-18)19-7-5-8-21(26)16-19)25(30)28(2)17-20-6-3-4-9-24(20)29-12-14-31-15-13-29/h3-11,16H,12-15,17H2,1-2H3. The normalized spacial score (nSPS) is 13.8. The number of benzene rings is 2. The van der Waals surface area contributed by atoms with E-state index in [1.807, 2.05) is 62.5 Å². The molecule has 0 atom stereocenters. The predicted octanol–water partition coefficient (Wildman–Crippen LogP) is 4.93. The molecule has 0 bridgehead atoms. The van der Waals surface area contributed by atoms with Gasteiger partial charge in [-0.25, -0.2) is 0 Å².